The molecule has 7 heteroatoms. The molecule has 4 saturated carbocycles. The highest BCUT2D eigenvalue weighted by Crippen LogP contribution is 2.56. The highest BCUT2D eigenvalue weighted by atomic mass is 16.3. The average molecular weight is 390 g/mol. The first kappa shape index (κ1) is 17.2. The molecule has 3 atom stereocenters. The highest BCUT2D eigenvalue weighted by molar-refractivity contribution is 5.91. The highest BCUT2D eigenvalue weighted by Gasteiger charge is 2.56. The fourth-order valence-electron chi connectivity index (χ4n) is 6.26. The van der Waals surface area contributed by atoms with Gasteiger partial charge < -0.3 is 15.7 Å². The number of fused-ring (bicyclic) bond motifs is 1. The summed E-state index contributed by atoms with van der Waals surface area (Å²) in [6.45, 7) is 1.97. The van der Waals surface area contributed by atoms with E-state index in [9.17, 15) is 5.11 Å². The van der Waals surface area contributed by atoms with Crippen LogP contribution in [-0.2, 0) is 0 Å². The maximum atomic E-state index is 11.5. The Bertz CT molecular complexity index is 1060. The van der Waals surface area contributed by atoms with E-state index >= 15 is 0 Å². The summed E-state index contributed by atoms with van der Waals surface area (Å²) in [5.74, 6) is 4.11. The number of anilines is 3. The second-order valence-corrected chi connectivity index (χ2v) is 9.32. The number of rotatable bonds is 4. The number of hydrogen-bond acceptors (Lipinski definition) is 6. The maximum absolute atomic E-state index is 11.5. The predicted molar refractivity (Wildman–Crippen MR) is 112 cm³/mol. The van der Waals surface area contributed by atoms with Crippen LogP contribution in [-0.4, -0.2) is 36.9 Å². The van der Waals surface area contributed by atoms with Crippen molar-refractivity contribution in [1.29, 1.82) is 0 Å². The van der Waals surface area contributed by atoms with Crippen LogP contribution in [0.1, 0.15) is 37.8 Å². The Morgan fingerprint density at radius 3 is 2.69 bits per heavy atom. The first-order chi connectivity index (χ1) is 14.1. The molecule has 0 saturated heterocycles. The molecule has 4 fully saturated rings. The molecule has 0 amide bonds. The summed E-state index contributed by atoms with van der Waals surface area (Å²) in [6, 6.07) is 7.91. The van der Waals surface area contributed by atoms with E-state index in [0.717, 1.165) is 41.1 Å². The van der Waals surface area contributed by atoms with Gasteiger partial charge in [0.05, 0.1) is 17.2 Å². The molecular weight excluding hydrogens is 364 g/mol. The lowest BCUT2D eigenvalue weighted by atomic mass is 9.52. The van der Waals surface area contributed by atoms with Gasteiger partial charge in [0, 0.05) is 29.4 Å². The fraction of sp³-hybridized carbons (Fsp3) is 0.500. The zero-order valence-electron chi connectivity index (χ0n) is 16.5. The maximum Gasteiger partial charge on any atom is 0.153 e. The van der Waals surface area contributed by atoms with Gasteiger partial charge in [-0.25, -0.2) is 4.98 Å². The van der Waals surface area contributed by atoms with Gasteiger partial charge in [-0.15, -0.1) is 0 Å². The number of aromatic amines is 1. The van der Waals surface area contributed by atoms with Crippen molar-refractivity contribution >= 4 is 28.4 Å². The Morgan fingerprint density at radius 1 is 1.14 bits per heavy atom. The number of aliphatic hydroxyl groups is 1. The number of hydrogen-bond donors (Lipinski definition) is 4. The Morgan fingerprint density at radius 2 is 1.97 bits per heavy atom. The summed E-state index contributed by atoms with van der Waals surface area (Å²) in [5, 5.41) is 26.6. The summed E-state index contributed by atoms with van der Waals surface area (Å²) in [5.41, 5.74) is 1.24. The fourth-order valence-corrected chi connectivity index (χ4v) is 6.26. The smallest absolute Gasteiger partial charge is 0.153 e. The van der Waals surface area contributed by atoms with Crippen LogP contribution in [0.3, 0.4) is 0 Å². The zero-order chi connectivity index (χ0) is 19.6. The molecule has 0 aliphatic heterocycles. The van der Waals surface area contributed by atoms with Gasteiger partial charge >= 0.3 is 0 Å². The second kappa shape index (κ2) is 6.16. The van der Waals surface area contributed by atoms with Crippen LogP contribution in [0.15, 0.2) is 30.5 Å². The predicted octanol–water partition coefficient (Wildman–Crippen LogP) is 3.76. The summed E-state index contributed by atoms with van der Waals surface area (Å²) in [4.78, 5) is 9.40. The Balaban J connectivity index is 1.37. The largest absolute Gasteiger partial charge is 0.388 e. The van der Waals surface area contributed by atoms with Crippen molar-refractivity contribution in [2.24, 2.45) is 17.8 Å². The summed E-state index contributed by atoms with van der Waals surface area (Å²) < 4.78 is 0. The van der Waals surface area contributed by atoms with Crippen LogP contribution in [0.2, 0.25) is 0 Å². The minimum Gasteiger partial charge on any atom is -0.388 e. The van der Waals surface area contributed by atoms with Crippen LogP contribution in [0.4, 0.5) is 17.5 Å². The third-order valence-electron chi connectivity index (χ3n) is 7.13. The van der Waals surface area contributed by atoms with Crippen LogP contribution in [0.25, 0.3) is 10.9 Å². The van der Waals surface area contributed by atoms with E-state index in [2.05, 4.69) is 25.8 Å². The molecule has 3 heterocycles. The van der Waals surface area contributed by atoms with Crippen molar-refractivity contribution < 1.29 is 5.11 Å². The van der Waals surface area contributed by atoms with E-state index in [1.807, 2.05) is 31.2 Å². The molecule has 0 aromatic carbocycles. The van der Waals surface area contributed by atoms with Gasteiger partial charge in [-0.2, -0.15) is 5.10 Å². The van der Waals surface area contributed by atoms with Crippen molar-refractivity contribution in [2.75, 3.05) is 10.6 Å². The normalized spacial score (nSPS) is 32.6. The lowest BCUT2D eigenvalue weighted by Crippen LogP contribution is -2.63. The molecule has 29 heavy (non-hydrogen) atoms. The van der Waals surface area contributed by atoms with E-state index in [4.69, 9.17) is 4.98 Å². The third kappa shape index (κ3) is 2.87. The van der Waals surface area contributed by atoms with Gasteiger partial charge in [0.1, 0.15) is 11.6 Å². The molecule has 150 valence electrons. The summed E-state index contributed by atoms with van der Waals surface area (Å²) in [7, 11) is 0. The van der Waals surface area contributed by atoms with Crippen molar-refractivity contribution in [3.05, 3.63) is 36.2 Å². The van der Waals surface area contributed by atoms with Crippen LogP contribution in [0, 0.1) is 24.7 Å². The number of nitrogens with zero attached hydrogens (tertiary/aromatic N) is 3. The van der Waals surface area contributed by atoms with Gasteiger partial charge in [0.15, 0.2) is 5.82 Å². The number of nitrogens with one attached hydrogen (secondary N) is 3. The quantitative estimate of drug-likeness (QED) is 0.541. The van der Waals surface area contributed by atoms with Crippen LogP contribution in [0.5, 0.6) is 0 Å². The molecule has 4 aliphatic rings. The SMILES string of the molecule is Cc1cc(Nc2cc3ncccc3c(NC3C4CC5CC(C4)CC3(O)C5)n2)n[nH]1. The van der Waals surface area contributed by atoms with Crippen molar-refractivity contribution in [1.82, 2.24) is 20.2 Å². The van der Waals surface area contributed by atoms with E-state index < -0.39 is 5.60 Å². The summed E-state index contributed by atoms with van der Waals surface area (Å²) in [6.07, 6.45) is 7.37. The minimum atomic E-state index is -0.617. The molecule has 3 aromatic heterocycles. The molecule has 4 N–H and O–H groups in total. The van der Waals surface area contributed by atoms with Gasteiger partial charge in [-0.05, 0) is 68.9 Å². The van der Waals surface area contributed by atoms with E-state index in [1.54, 1.807) is 6.20 Å². The van der Waals surface area contributed by atoms with Gasteiger partial charge in [-0.3, -0.25) is 10.1 Å². The monoisotopic (exact) mass is 390 g/mol. The van der Waals surface area contributed by atoms with E-state index in [-0.39, 0.29) is 6.04 Å². The lowest BCUT2D eigenvalue weighted by molar-refractivity contribution is -0.133. The lowest BCUT2D eigenvalue weighted by Gasteiger charge is -2.59. The molecule has 4 aliphatic carbocycles. The molecular formula is C22H26N6O. The van der Waals surface area contributed by atoms with Crippen molar-refractivity contribution in [3.8, 4) is 0 Å². The zero-order valence-corrected chi connectivity index (χ0v) is 16.5. The molecule has 0 radical (unpaired) electrons. The molecule has 4 bridgehead atoms. The summed E-state index contributed by atoms with van der Waals surface area (Å²) >= 11 is 0. The molecule has 3 unspecified atom stereocenters. The first-order valence-electron chi connectivity index (χ1n) is 10.6. The van der Waals surface area contributed by atoms with Gasteiger partial charge in [0.25, 0.3) is 0 Å². The van der Waals surface area contributed by atoms with Gasteiger partial charge in [0.2, 0.25) is 0 Å². The van der Waals surface area contributed by atoms with Crippen LogP contribution >= 0.6 is 0 Å². The second-order valence-electron chi connectivity index (χ2n) is 9.32. The number of aromatic nitrogens is 4. The topological polar surface area (TPSA) is 98.8 Å². The minimum absolute atomic E-state index is 0.0501. The number of aryl methyl sites for hydroxylation is 1. The first-order valence-corrected chi connectivity index (χ1v) is 10.6. The molecule has 7 nitrogen and oxygen atoms in total. The Kier molecular flexibility index (Phi) is 3.66. The van der Waals surface area contributed by atoms with Gasteiger partial charge in [-0.1, -0.05) is 0 Å². The average Bonchev–Trinajstić information content (AvgIpc) is 3.08. The van der Waals surface area contributed by atoms with E-state index in [1.165, 1.54) is 19.3 Å². The molecule has 3 aromatic rings. The number of H-pyrrole nitrogens is 1. The Hall–Kier alpha value is -2.67. The van der Waals surface area contributed by atoms with Crippen molar-refractivity contribution in [2.45, 2.75) is 50.7 Å². The standard InChI is InChI=1S/C22H26N6O/c1-12-5-19(28-27-12)24-18-9-17-16(3-2-4-23-17)21(25-18)26-20-15-7-13-6-14(8-15)11-22(20,29)10-13/h2-5,9,13-15,20,29H,6-8,10-11H2,1H3,(H3,24,25,26,27,28). The Labute approximate surface area is 169 Å². The van der Waals surface area contributed by atoms with E-state index in [0.29, 0.717) is 23.6 Å². The third-order valence-corrected chi connectivity index (χ3v) is 7.13. The van der Waals surface area contributed by atoms with Crippen LogP contribution < -0.4 is 10.6 Å². The van der Waals surface area contributed by atoms with Crippen molar-refractivity contribution in [3.63, 3.8) is 0 Å². The molecule has 7 rings (SSSR count). The molecule has 0 spiro atoms. The number of pyridine rings is 2.